The lowest BCUT2D eigenvalue weighted by Gasteiger charge is -2.31. The van der Waals surface area contributed by atoms with E-state index in [0.717, 1.165) is 39.0 Å². The first kappa shape index (κ1) is 13.9. The Kier molecular flexibility index (Phi) is 6.96. The van der Waals surface area contributed by atoms with Gasteiger partial charge < -0.3 is 19.7 Å². The van der Waals surface area contributed by atoms with Crippen LogP contribution in [0.4, 0.5) is 0 Å². The Hall–Kier alpha value is -0.160. The molecule has 1 unspecified atom stereocenters. The summed E-state index contributed by atoms with van der Waals surface area (Å²) in [5.41, 5.74) is 0. The lowest BCUT2D eigenvalue weighted by molar-refractivity contribution is -0.0658. The Morgan fingerprint density at radius 3 is 2.62 bits per heavy atom. The normalized spacial score (nSPS) is 21.2. The summed E-state index contributed by atoms with van der Waals surface area (Å²) >= 11 is 0. The average Bonchev–Trinajstić information content (AvgIpc) is 2.29. The SMILES string of the molecule is CCNCC(COC)OC1CCN(C)CC1. The molecule has 96 valence electrons. The molecule has 0 aliphatic carbocycles. The molecule has 1 fully saturated rings. The summed E-state index contributed by atoms with van der Waals surface area (Å²) in [4.78, 5) is 2.36. The molecule has 1 atom stereocenters. The molecule has 0 amide bonds. The topological polar surface area (TPSA) is 33.7 Å². The average molecular weight is 230 g/mol. The van der Waals surface area contributed by atoms with Gasteiger partial charge >= 0.3 is 0 Å². The van der Waals surface area contributed by atoms with E-state index in [1.807, 2.05) is 0 Å². The van der Waals surface area contributed by atoms with Crippen molar-refractivity contribution in [1.29, 1.82) is 0 Å². The maximum absolute atomic E-state index is 6.07. The van der Waals surface area contributed by atoms with E-state index in [9.17, 15) is 0 Å². The van der Waals surface area contributed by atoms with E-state index in [1.54, 1.807) is 7.11 Å². The molecule has 1 aliphatic rings. The Bertz CT molecular complexity index is 170. The smallest absolute Gasteiger partial charge is 0.0936 e. The van der Waals surface area contributed by atoms with Gasteiger partial charge in [0, 0.05) is 26.7 Å². The number of nitrogens with zero attached hydrogens (tertiary/aromatic N) is 1. The number of hydrogen-bond donors (Lipinski definition) is 1. The van der Waals surface area contributed by atoms with Crippen LogP contribution in [-0.2, 0) is 9.47 Å². The van der Waals surface area contributed by atoms with Gasteiger partial charge in [0.25, 0.3) is 0 Å². The largest absolute Gasteiger partial charge is 0.382 e. The van der Waals surface area contributed by atoms with Crippen LogP contribution >= 0.6 is 0 Å². The first-order valence-corrected chi connectivity index (χ1v) is 6.30. The van der Waals surface area contributed by atoms with Gasteiger partial charge in [0.05, 0.1) is 18.8 Å². The van der Waals surface area contributed by atoms with Crippen molar-refractivity contribution in [2.24, 2.45) is 0 Å². The van der Waals surface area contributed by atoms with Gasteiger partial charge in [-0.05, 0) is 26.4 Å². The van der Waals surface area contributed by atoms with Gasteiger partial charge in [-0.3, -0.25) is 0 Å². The maximum Gasteiger partial charge on any atom is 0.0936 e. The number of likely N-dealkylation sites (tertiary alicyclic amines) is 1. The Morgan fingerprint density at radius 2 is 2.06 bits per heavy atom. The third kappa shape index (κ3) is 5.25. The van der Waals surface area contributed by atoms with Crippen LogP contribution in [-0.4, -0.2) is 64.1 Å². The summed E-state index contributed by atoms with van der Waals surface area (Å²) in [6.45, 7) is 6.95. The Balaban J connectivity index is 2.24. The summed E-state index contributed by atoms with van der Waals surface area (Å²) in [7, 11) is 3.90. The summed E-state index contributed by atoms with van der Waals surface area (Å²) in [5, 5.41) is 3.32. The number of piperidine rings is 1. The van der Waals surface area contributed by atoms with E-state index in [-0.39, 0.29) is 6.10 Å². The summed E-state index contributed by atoms with van der Waals surface area (Å²) in [6, 6.07) is 0. The van der Waals surface area contributed by atoms with Gasteiger partial charge in [0.2, 0.25) is 0 Å². The molecule has 1 saturated heterocycles. The van der Waals surface area contributed by atoms with E-state index in [0.29, 0.717) is 12.7 Å². The quantitative estimate of drug-likeness (QED) is 0.699. The molecular weight excluding hydrogens is 204 g/mol. The Morgan fingerprint density at radius 1 is 1.38 bits per heavy atom. The number of methoxy groups -OCH3 is 1. The highest BCUT2D eigenvalue weighted by atomic mass is 16.5. The van der Waals surface area contributed by atoms with Crippen LogP contribution in [0.15, 0.2) is 0 Å². The van der Waals surface area contributed by atoms with Crippen molar-refractivity contribution in [3.05, 3.63) is 0 Å². The van der Waals surface area contributed by atoms with E-state index in [2.05, 4.69) is 24.2 Å². The molecule has 0 aromatic heterocycles. The van der Waals surface area contributed by atoms with Crippen LogP contribution in [0.2, 0.25) is 0 Å². The summed E-state index contributed by atoms with van der Waals surface area (Å²) < 4.78 is 11.3. The molecule has 0 spiro atoms. The van der Waals surface area contributed by atoms with E-state index in [4.69, 9.17) is 9.47 Å². The first-order valence-electron chi connectivity index (χ1n) is 6.30. The van der Waals surface area contributed by atoms with Crippen molar-refractivity contribution >= 4 is 0 Å². The van der Waals surface area contributed by atoms with Crippen molar-refractivity contribution in [2.75, 3.05) is 46.9 Å². The number of hydrogen-bond acceptors (Lipinski definition) is 4. The van der Waals surface area contributed by atoms with Gasteiger partial charge in [0.1, 0.15) is 0 Å². The second kappa shape index (κ2) is 8.01. The molecule has 1 aliphatic heterocycles. The van der Waals surface area contributed by atoms with Crippen LogP contribution in [0.25, 0.3) is 0 Å². The van der Waals surface area contributed by atoms with E-state index < -0.39 is 0 Å². The lowest BCUT2D eigenvalue weighted by Crippen LogP contribution is -2.40. The minimum atomic E-state index is 0.193. The van der Waals surface area contributed by atoms with E-state index >= 15 is 0 Å². The van der Waals surface area contributed by atoms with Gasteiger partial charge in [-0.1, -0.05) is 6.92 Å². The second-order valence-electron chi connectivity index (χ2n) is 4.52. The van der Waals surface area contributed by atoms with Crippen molar-refractivity contribution < 1.29 is 9.47 Å². The highest BCUT2D eigenvalue weighted by Gasteiger charge is 2.20. The molecule has 4 nitrogen and oxygen atoms in total. The van der Waals surface area contributed by atoms with Crippen molar-refractivity contribution in [1.82, 2.24) is 10.2 Å². The fourth-order valence-corrected chi connectivity index (χ4v) is 2.03. The molecule has 0 radical (unpaired) electrons. The van der Waals surface area contributed by atoms with Crippen LogP contribution in [0.1, 0.15) is 19.8 Å². The molecule has 0 bridgehead atoms. The molecule has 16 heavy (non-hydrogen) atoms. The van der Waals surface area contributed by atoms with Crippen molar-refractivity contribution in [3.8, 4) is 0 Å². The van der Waals surface area contributed by atoms with Crippen LogP contribution in [0.3, 0.4) is 0 Å². The zero-order chi connectivity index (χ0) is 11.8. The maximum atomic E-state index is 6.07. The van der Waals surface area contributed by atoms with Crippen LogP contribution < -0.4 is 5.32 Å². The number of likely N-dealkylation sites (N-methyl/N-ethyl adjacent to an activating group) is 1. The third-order valence-corrected chi connectivity index (χ3v) is 3.03. The second-order valence-corrected chi connectivity index (χ2v) is 4.52. The molecule has 1 heterocycles. The molecule has 0 saturated carbocycles. The van der Waals surface area contributed by atoms with Gasteiger partial charge in [0.15, 0.2) is 0 Å². The fraction of sp³-hybridized carbons (Fsp3) is 1.00. The minimum Gasteiger partial charge on any atom is -0.382 e. The molecule has 1 rings (SSSR count). The zero-order valence-corrected chi connectivity index (χ0v) is 10.9. The fourth-order valence-electron chi connectivity index (χ4n) is 2.03. The predicted octanol–water partition coefficient (Wildman–Crippen LogP) is 0.722. The van der Waals surface area contributed by atoms with Gasteiger partial charge in [-0.25, -0.2) is 0 Å². The molecule has 4 heteroatoms. The monoisotopic (exact) mass is 230 g/mol. The zero-order valence-electron chi connectivity index (χ0n) is 10.9. The summed E-state index contributed by atoms with van der Waals surface area (Å²) in [6.07, 6.45) is 2.89. The minimum absolute atomic E-state index is 0.193. The number of nitrogens with one attached hydrogen (secondary N) is 1. The highest BCUT2D eigenvalue weighted by molar-refractivity contribution is 4.72. The molecule has 0 aromatic rings. The highest BCUT2D eigenvalue weighted by Crippen LogP contribution is 2.14. The number of ether oxygens (including phenoxy) is 2. The van der Waals surface area contributed by atoms with E-state index in [1.165, 1.54) is 0 Å². The van der Waals surface area contributed by atoms with Crippen LogP contribution in [0.5, 0.6) is 0 Å². The number of rotatable bonds is 7. The standard InChI is InChI=1S/C12H26N2O2/c1-4-13-9-12(10-15-3)16-11-5-7-14(2)8-6-11/h11-13H,4-10H2,1-3H3. The lowest BCUT2D eigenvalue weighted by atomic mass is 10.1. The van der Waals surface area contributed by atoms with Gasteiger partial charge in [-0.15, -0.1) is 0 Å². The van der Waals surface area contributed by atoms with Gasteiger partial charge in [-0.2, -0.15) is 0 Å². The molecule has 1 N–H and O–H groups in total. The van der Waals surface area contributed by atoms with Crippen molar-refractivity contribution in [3.63, 3.8) is 0 Å². The third-order valence-electron chi connectivity index (χ3n) is 3.03. The molecular formula is C12H26N2O2. The van der Waals surface area contributed by atoms with Crippen molar-refractivity contribution in [2.45, 2.75) is 32.0 Å². The predicted molar refractivity (Wildman–Crippen MR) is 65.8 cm³/mol. The molecule has 0 aromatic carbocycles. The van der Waals surface area contributed by atoms with Crippen LogP contribution in [0, 0.1) is 0 Å². The summed E-state index contributed by atoms with van der Waals surface area (Å²) in [5.74, 6) is 0. The Labute approximate surface area is 99.3 Å². The first-order chi connectivity index (χ1) is 7.76.